The van der Waals surface area contributed by atoms with Gasteiger partial charge >= 0.3 is 0 Å². The number of amides is 1. The third-order valence-electron chi connectivity index (χ3n) is 3.63. The molecule has 1 atom stereocenters. The van der Waals surface area contributed by atoms with Crippen LogP contribution in [0, 0.1) is 0 Å². The zero-order valence-corrected chi connectivity index (χ0v) is 13.5. The number of carbonyl (C=O) groups excluding carboxylic acids is 1. The lowest BCUT2D eigenvalue weighted by atomic mass is 10.0. The Hall–Kier alpha value is -2.91. The molecular formula is C18H20N4O. The van der Waals surface area contributed by atoms with Gasteiger partial charge < -0.3 is 15.7 Å². The van der Waals surface area contributed by atoms with E-state index in [1.54, 1.807) is 19.1 Å². The van der Waals surface area contributed by atoms with E-state index in [2.05, 4.69) is 10.1 Å². The van der Waals surface area contributed by atoms with Gasteiger partial charge in [-0.05, 0) is 29.8 Å². The summed E-state index contributed by atoms with van der Waals surface area (Å²) in [5.74, 6) is -0.216. The molecule has 5 nitrogen and oxygen atoms in total. The van der Waals surface area contributed by atoms with Gasteiger partial charge in [-0.1, -0.05) is 30.3 Å². The van der Waals surface area contributed by atoms with Crippen LogP contribution in [0.2, 0.25) is 0 Å². The Morgan fingerprint density at radius 2 is 1.70 bits per heavy atom. The van der Waals surface area contributed by atoms with Crippen molar-refractivity contribution in [3.8, 4) is 0 Å². The van der Waals surface area contributed by atoms with Crippen LogP contribution in [-0.4, -0.2) is 30.5 Å². The third-order valence-corrected chi connectivity index (χ3v) is 3.63. The topological polar surface area (TPSA) is 68.7 Å². The smallest absolute Gasteiger partial charge is 0.292 e. The molecule has 0 aliphatic heterocycles. The SMILES string of the molecule is CC(=[N+]=[N-])C(NC(=O)c1ccc(N(C)C)cc1)c1ccccc1. The number of anilines is 1. The molecule has 2 rings (SSSR count). The van der Waals surface area contributed by atoms with Gasteiger partial charge in [0.25, 0.3) is 11.6 Å². The second-order valence-electron chi connectivity index (χ2n) is 5.50. The highest BCUT2D eigenvalue weighted by Crippen LogP contribution is 2.16. The summed E-state index contributed by atoms with van der Waals surface area (Å²) < 4.78 is 0. The average molecular weight is 308 g/mol. The van der Waals surface area contributed by atoms with Crippen molar-refractivity contribution in [3.63, 3.8) is 0 Å². The van der Waals surface area contributed by atoms with E-state index in [0.29, 0.717) is 11.3 Å². The minimum absolute atomic E-state index is 0.216. The third kappa shape index (κ3) is 4.05. The molecule has 5 heteroatoms. The molecule has 1 N–H and O–H groups in total. The van der Waals surface area contributed by atoms with Crippen LogP contribution in [0.4, 0.5) is 5.69 Å². The van der Waals surface area contributed by atoms with Crippen LogP contribution in [-0.2, 0) is 0 Å². The summed E-state index contributed by atoms with van der Waals surface area (Å²) in [4.78, 5) is 17.7. The number of nitrogens with zero attached hydrogens (tertiary/aromatic N) is 3. The van der Waals surface area contributed by atoms with Crippen LogP contribution in [0.5, 0.6) is 0 Å². The Morgan fingerprint density at radius 1 is 1.09 bits per heavy atom. The number of nitrogens with one attached hydrogen (secondary N) is 1. The van der Waals surface area contributed by atoms with E-state index in [4.69, 9.17) is 5.53 Å². The first-order chi connectivity index (χ1) is 11.0. The molecule has 1 amide bonds. The van der Waals surface area contributed by atoms with Gasteiger partial charge in [-0.2, -0.15) is 4.79 Å². The fourth-order valence-electron chi connectivity index (χ4n) is 2.26. The van der Waals surface area contributed by atoms with Crippen molar-refractivity contribution in [2.24, 2.45) is 0 Å². The van der Waals surface area contributed by atoms with Gasteiger partial charge in [-0.25, -0.2) is 0 Å². The van der Waals surface area contributed by atoms with Gasteiger partial charge in [0.15, 0.2) is 6.04 Å². The van der Waals surface area contributed by atoms with Crippen LogP contribution >= 0.6 is 0 Å². The minimum atomic E-state index is -0.470. The van der Waals surface area contributed by atoms with E-state index >= 15 is 0 Å². The van der Waals surface area contributed by atoms with Gasteiger partial charge in [-0.3, -0.25) is 4.79 Å². The van der Waals surface area contributed by atoms with E-state index in [1.807, 2.05) is 61.5 Å². The quantitative estimate of drug-likeness (QED) is 0.524. The molecule has 0 aliphatic carbocycles. The van der Waals surface area contributed by atoms with Gasteiger partial charge in [-0.15, -0.1) is 0 Å². The fourth-order valence-corrected chi connectivity index (χ4v) is 2.26. The average Bonchev–Trinajstić information content (AvgIpc) is 2.59. The summed E-state index contributed by atoms with van der Waals surface area (Å²) in [5, 5.41) is 2.91. The molecule has 0 heterocycles. The molecular weight excluding hydrogens is 288 g/mol. The van der Waals surface area contributed by atoms with Crippen molar-refractivity contribution in [1.29, 1.82) is 0 Å². The molecule has 1 unspecified atom stereocenters. The van der Waals surface area contributed by atoms with Gasteiger partial charge in [0.1, 0.15) is 0 Å². The van der Waals surface area contributed by atoms with Crippen LogP contribution in [0.1, 0.15) is 28.9 Å². The lowest BCUT2D eigenvalue weighted by Crippen LogP contribution is -2.33. The first-order valence-electron chi connectivity index (χ1n) is 7.34. The zero-order valence-electron chi connectivity index (χ0n) is 13.5. The second kappa shape index (κ2) is 7.38. The Bertz CT molecular complexity index is 716. The summed E-state index contributed by atoms with van der Waals surface area (Å²) in [7, 11) is 3.89. The highest BCUT2D eigenvalue weighted by Gasteiger charge is 2.23. The molecule has 0 radical (unpaired) electrons. The minimum Gasteiger partial charge on any atom is -0.378 e. The molecule has 0 saturated heterocycles. The van der Waals surface area contributed by atoms with Crippen molar-refractivity contribution < 1.29 is 9.58 Å². The highest BCUT2D eigenvalue weighted by atomic mass is 16.1. The van der Waals surface area contributed by atoms with Gasteiger partial charge in [0.2, 0.25) is 0 Å². The Balaban J connectivity index is 2.22. The van der Waals surface area contributed by atoms with E-state index in [9.17, 15) is 4.79 Å². The molecule has 118 valence electrons. The molecule has 0 spiro atoms. The maximum absolute atomic E-state index is 12.5. The summed E-state index contributed by atoms with van der Waals surface area (Å²) in [6.45, 7) is 1.67. The highest BCUT2D eigenvalue weighted by molar-refractivity contribution is 5.98. The van der Waals surface area contributed by atoms with Crippen molar-refractivity contribution in [2.75, 3.05) is 19.0 Å². The molecule has 0 bridgehead atoms. The van der Waals surface area contributed by atoms with E-state index < -0.39 is 6.04 Å². The van der Waals surface area contributed by atoms with Crippen molar-refractivity contribution >= 4 is 17.3 Å². The molecule has 0 saturated carbocycles. The summed E-state index contributed by atoms with van der Waals surface area (Å²) in [6, 6.07) is 16.3. The largest absolute Gasteiger partial charge is 0.378 e. The Kier molecular flexibility index (Phi) is 5.28. The summed E-state index contributed by atoms with van der Waals surface area (Å²) in [5.41, 5.74) is 11.9. The number of hydrogen-bond donors (Lipinski definition) is 1. The lowest BCUT2D eigenvalue weighted by Gasteiger charge is -2.15. The van der Waals surface area contributed by atoms with Crippen LogP contribution in [0.3, 0.4) is 0 Å². The first kappa shape index (κ1) is 16.5. The standard InChI is InChI=1S/C18H20N4O/c1-13(21-19)17(14-7-5-4-6-8-14)20-18(23)15-9-11-16(12-10-15)22(2)3/h4-12,17H,1-3H3,(H,20,23). The number of carbonyl (C=O) groups is 1. The normalized spacial score (nSPS) is 11.3. The van der Waals surface area contributed by atoms with Crippen molar-refractivity contribution in [1.82, 2.24) is 5.32 Å². The second-order valence-corrected chi connectivity index (χ2v) is 5.50. The molecule has 0 aromatic heterocycles. The number of benzene rings is 2. The predicted molar refractivity (Wildman–Crippen MR) is 91.7 cm³/mol. The molecule has 0 aliphatic rings. The van der Waals surface area contributed by atoms with Gasteiger partial charge in [0.05, 0.1) is 0 Å². The van der Waals surface area contributed by atoms with Gasteiger partial charge in [0, 0.05) is 32.3 Å². The Labute approximate surface area is 136 Å². The fraction of sp³-hybridized carbons (Fsp3) is 0.222. The number of hydrogen-bond acceptors (Lipinski definition) is 2. The lowest BCUT2D eigenvalue weighted by molar-refractivity contribution is -0.0116. The van der Waals surface area contributed by atoms with Crippen LogP contribution in [0.25, 0.3) is 5.53 Å². The summed E-state index contributed by atoms with van der Waals surface area (Å²) in [6.07, 6.45) is 0. The zero-order chi connectivity index (χ0) is 16.8. The molecule has 2 aromatic carbocycles. The van der Waals surface area contributed by atoms with Crippen molar-refractivity contribution in [2.45, 2.75) is 13.0 Å². The molecule has 2 aromatic rings. The maximum atomic E-state index is 12.5. The first-order valence-corrected chi connectivity index (χ1v) is 7.34. The van der Waals surface area contributed by atoms with Crippen LogP contribution < -0.4 is 10.2 Å². The van der Waals surface area contributed by atoms with Crippen LogP contribution in [0.15, 0.2) is 54.6 Å². The van der Waals surface area contributed by atoms with E-state index in [-0.39, 0.29) is 5.91 Å². The Morgan fingerprint density at radius 3 is 2.22 bits per heavy atom. The van der Waals surface area contributed by atoms with E-state index in [1.165, 1.54) is 0 Å². The monoisotopic (exact) mass is 308 g/mol. The van der Waals surface area contributed by atoms with Crippen molar-refractivity contribution in [3.05, 3.63) is 71.3 Å². The predicted octanol–water partition coefficient (Wildman–Crippen LogP) is 2.91. The number of rotatable bonds is 5. The molecule has 0 fully saturated rings. The summed E-state index contributed by atoms with van der Waals surface area (Å²) >= 11 is 0. The molecule has 23 heavy (non-hydrogen) atoms. The maximum Gasteiger partial charge on any atom is 0.292 e. The van der Waals surface area contributed by atoms with E-state index in [0.717, 1.165) is 11.3 Å².